The number of rotatable bonds is 2. The van der Waals surface area contributed by atoms with Crippen LogP contribution >= 0.6 is 0 Å². The Balaban J connectivity index is 2.65. The van der Waals surface area contributed by atoms with Gasteiger partial charge in [-0.2, -0.15) is 0 Å². The van der Waals surface area contributed by atoms with Crippen molar-refractivity contribution < 1.29 is 0 Å². The van der Waals surface area contributed by atoms with E-state index >= 15 is 0 Å². The SMILES string of the molecule is NCCC#Cc1ccc(NN)cc1. The second-order valence-corrected chi connectivity index (χ2v) is 2.56. The van der Waals surface area contributed by atoms with Crippen molar-refractivity contribution in [1.29, 1.82) is 0 Å². The Morgan fingerprint density at radius 3 is 2.46 bits per heavy atom. The van der Waals surface area contributed by atoms with E-state index < -0.39 is 0 Å². The largest absolute Gasteiger partial charge is 0.330 e. The Morgan fingerprint density at radius 1 is 1.23 bits per heavy atom. The van der Waals surface area contributed by atoms with E-state index in [4.69, 9.17) is 11.6 Å². The molecule has 3 heteroatoms. The lowest BCUT2D eigenvalue weighted by atomic mass is 10.2. The monoisotopic (exact) mass is 175 g/mol. The average molecular weight is 175 g/mol. The molecule has 0 atom stereocenters. The molecule has 0 bridgehead atoms. The van der Waals surface area contributed by atoms with E-state index in [0.29, 0.717) is 6.54 Å². The predicted octanol–water partition coefficient (Wildman–Crippen LogP) is 0.673. The molecule has 5 N–H and O–H groups in total. The topological polar surface area (TPSA) is 64.1 Å². The summed E-state index contributed by atoms with van der Waals surface area (Å²) in [5.41, 5.74) is 9.72. The predicted molar refractivity (Wildman–Crippen MR) is 54.8 cm³/mol. The van der Waals surface area contributed by atoms with Crippen LogP contribution in [0.2, 0.25) is 0 Å². The Hall–Kier alpha value is -1.50. The van der Waals surface area contributed by atoms with Crippen molar-refractivity contribution in [3.63, 3.8) is 0 Å². The van der Waals surface area contributed by atoms with Crippen LogP contribution in [-0.4, -0.2) is 6.54 Å². The van der Waals surface area contributed by atoms with Crippen molar-refractivity contribution in [3.8, 4) is 11.8 Å². The van der Waals surface area contributed by atoms with E-state index in [0.717, 1.165) is 17.7 Å². The standard InChI is InChI=1S/C10H13N3/c11-8-2-1-3-9-4-6-10(13-12)7-5-9/h4-7,13H,2,8,11-12H2. The van der Waals surface area contributed by atoms with Gasteiger partial charge in [0.05, 0.1) is 0 Å². The number of hydrazine groups is 1. The Bertz CT molecular complexity index is 305. The molecule has 0 unspecified atom stereocenters. The normalized spacial score (nSPS) is 8.77. The zero-order chi connectivity index (χ0) is 9.52. The highest BCUT2D eigenvalue weighted by atomic mass is 15.2. The summed E-state index contributed by atoms with van der Waals surface area (Å²) in [6, 6.07) is 7.59. The van der Waals surface area contributed by atoms with Crippen LogP contribution in [0.5, 0.6) is 0 Å². The van der Waals surface area contributed by atoms with E-state index in [2.05, 4.69) is 17.3 Å². The summed E-state index contributed by atoms with van der Waals surface area (Å²) in [4.78, 5) is 0. The molecule has 0 aliphatic carbocycles. The molecule has 0 aliphatic heterocycles. The molecule has 0 heterocycles. The van der Waals surface area contributed by atoms with Gasteiger partial charge in [-0.25, -0.2) is 0 Å². The molecule has 13 heavy (non-hydrogen) atoms. The summed E-state index contributed by atoms with van der Waals surface area (Å²) in [6.07, 6.45) is 0.733. The van der Waals surface area contributed by atoms with Gasteiger partial charge < -0.3 is 11.2 Å². The molecular weight excluding hydrogens is 162 g/mol. The van der Waals surface area contributed by atoms with Crippen LogP contribution in [0.3, 0.4) is 0 Å². The first-order valence-electron chi connectivity index (χ1n) is 4.12. The van der Waals surface area contributed by atoms with Crippen molar-refractivity contribution in [2.45, 2.75) is 6.42 Å². The van der Waals surface area contributed by atoms with Gasteiger partial charge in [0, 0.05) is 24.2 Å². The van der Waals surface area contributed by atoms with Gasteiger partial charge in [0.2, 0.25) is 0 Å². The molecule has 1 aromatic rings. The smallest absolute Gasteiger partial charge is 0.0485 e. The molecule has 0 amide bonds. The molecular formula is C10H13N3. The third-order valence-corrected chi connectivity index (χ3v) is 1.55. The Kier molecular flexibility index (Phi) is 3.83. The van der Waals surface area contributed by atoms with E-state index in [1.165, 1.54) is 0 Å². The molecule has 68 valence electrons. The van der Waals surface area contributed by atoms with Gasteiger partial charge in [0.15, 0.2) is 0 Å². The van der Waals surface area contributed by atoms with Crippen molar-refractivity contribution in [2.24, 2.45) is 11.6 Å². The number of nitrogen functional groups attached to an aromatic ring is 1. The number of nitrogens with two attached hydrogens (primary N) is 2. The maximum Gasteiger partial charge on any atom is 0.0485 e. The molecule has 1 aromatic carbocycles. The minimum absolute atomic E-state index is 0.607. The number of benzene rings is 1. The second-order valence-electron chi connectivity index (χ2n) is 2.56. The third kappa shape index (κ3) is 3.16. The molecule has 0 aromatic heterocycles. The van der Waals surface area contributed by atoms with Gasteiger partial charge in [-0.3, -0.25) is 5.84 Å². The summed E-state index contributed by atoms with van der Waals surface area (Å²) >= 11 is 0. The molecule has 0 spiro atoms. The van der Waals surface area contributed by atoms with Crippen LogP contribution in [0, 0.1) is 11.8 Å². The van der Waals surface area contributed by atoms with Crippen molar-refractivity contribution in [3.05, 3.63) is 29.8 Å². The lowest BCUT2D eigenvalue weighted by Gasteiger charge is -1.97. The Morgan fingerprint density at radius 2 is 1.92 bits per heavy atom. The van der Waals surface area contributed by atoms with Crippen LogP contribution in [-0.2, 0) is 0 Å². The van der Waals surface area contributed by atoms with Crippen molar-refractivity contribution >= 4 is 5.69 Å². The van der Waals surface area contributed by atoms with Gasteiger partial charge >= 0.3 is 0 Å². The van der Waals surface area contributed by atoms with Gasteiger partial charge in [-0.15, -0.1) is 0 Å². The quantitative estimate of drug-likeness (QED) is 0.352. The van der Waals surface area contributed by atoms with Gasteiger partial charge in [-0.05, 0) is 24.3 Å². The highest BCUT2D eigenvalue weighted by Crippen LogP contribution is 2.06. The first kappa shape index (κ1) is 9.59. The minimum Gasteiger partial charge on any atom is -0.330 e. The average Bonchev–Trinajstić information content (AvgIpc) is 2.19. The maximum atomic E-state index is 5.31. The number of hydrogen-bond donors (Lipinski definition) is 3. The molecule has 0 saturated heterocycles. The second kappa shape index (κ2) is 5.20. The summed E-state index contributed by atoms with van der Waals surface area (Å²) in [5.74, 6) is 11.2. The summed E-state index contributed by atoms with van der Waals surface area (Å²) < 4.78 is 0. The first-order valence-corrected chi connectivity index (χ1v) is 4.12. The summed E-state index contributed by atoms with van der Waals surface area (Å²) in [5, 5.41) is 0. The number of anilines is 1. The maximum absolute atomic E-state index is 5.31. The first-order chi connectivity index (χ1) is 6.36. The fourth-order valence-corrected chi connectivity index (χ4v) is 0.887. The molecule has 0 radical (unpaired) electrons. The zero-order valence-electron chi connectivity index (χ0n) is 7.38. The number of hydrogen-bond acceptors (Lipinski definition) is 3. The molecule has 3 nitrogen and oxygen atoms in total. The zero-order valence-corrected chi connectivity index (χ0v) is 7.38. The van der Waals surface area contributed by atoms with E-state index in [9.17, 15) is 0 Å². The van der Waals surface area contributed by atoms with Crippen molar-refractivity contribution in [2.75, 3.05) is 12.0 Å². The lowest BCUT2D eigenvalue weighted by Crippen LogP contribution is -2.05. The highest BCUT2D eigenvalue weighted by Gasteiger charge is 1.87. The van der Waals surface area contributed by atoms with Crippen LogP contribution in [0.1, 0.15) is 12.0 Å². The fourth-order valence-electron chi connectivity index (χ4n) is 0.887. The Labute approximate surface area is 78.1 Å². The lowest BCUT2D eigenvalue weighted by molar-refractivity contribution is 1.03. The van der Waals surface area contributed by atoms with Gasteiger partial charge in [0.1, 0.15) is 0 Å². The van der Waals surface area contributed by atoms with E-state index in [-0.39, 0.29) is 0 Å². The minimum atomic E-state index is 0.607. The van der Waals surface area contributed by atoms with E-state index in [1.54, 1.807) is 0 Å². The van der Waals surface area contributed by atoms with Gasteiger partial charge in [0.25, 0.3) is 0 Å². The van der Waals surface area contributed by atoms with Crippen LogP contribution in [0.25, 0.3) is 0 Å². The molecule has 1 rings (SSSR count). The van der Waals surface area contributed by atoms with Gasteiger partial charge in [-0.1, -0.05) is 11.8 Å². The summed E-state index contributed by atoms with van der Waals surface area (Å²) in [6.45, 7) is 0.607. The number of nitrogens with one attached hydrogen (secondary N) is 1. The molecule has 0 fully saturated rings. The van der Waals surface area contributed by atoms with Crippen LogP contribution < -0.4 is 17.0 Å². The third-order valence-electron chi connectivity index (χ3n) is 1.55. The molecule has 0 saturated carbocycles. The van der Waals surface area contributed by atoms with Crippen LogP contribution in [0.4, 0.5) is 5.69 Å². The van der Waals surface area contributed by atoms with E-state index in [1.807, 2.05) is 24.3 Å². The fraction of sp³-hybridized carbons (Fsp3) is 0.200. The highest BCUT2D eigenvalue weighted by molar-refractivity contribution is 5.47. The van der Waals surface area contributed by atoms with Crippen LogP contribution in [0.15, 0.2) is 24.3 Å². The summed E-state index contributed by atoms with van der Waals surface area (Å²) in [7, 11) is 0. The molecule has 0 aliphatic rings. The van der Waals surface area contributed by atoms with Crippen molar-refractivity contribution in [1.82, 2.24) is 0 Å².